The Labute approximate surface area is 106 Å². The quantitative estimate of drug-likeness (QED) is 0.864. The molecule has 98 valence electrons. The van der Waals surface area contributed by atoms with Gasteiger partial charge in [-0.2, -0.15) is 0 Å². The number of carbonyl (C=O) groups is 2. The topological polar surface area (TPSA) is 75.6 Å². The molecular formula is C13H17NO4. The molecule has 0 fully saturated rings. The van der Waals surface area contributed by atoms with Gasteiger partial charge < -0.3 is 15.2 Å². The van der Waals surface area contributed by atoms with Crippen LogP contribution in [0.1, 0.15) is 31.1 Å². The van der Waals surface area contributed by atoms with Crippen LogP contribution in [0, 0.1) is 5.41 Å². The Hall–Kier alpha value is -2.04. The Morgan fingerprint density at radius 3 is 2.33 bits per heavy atom. The normalized spacial score (nSPS) is 10.9. The van der Waals surface area contributed by atoms with Gasteiger partial charge >= 0.3 is 5.97 Å². The number of anilines is 1. The molecule has 18 heavy (non-hydrogen) atoms. The lowest BCUT2D eigenvalue weighted by Gasteiger charge is -2.20. The monoisotopic (exact) mass is 251 g/mol. The van der Waals surface area contributed by atoms with Gasteiger partial charge in [0.05, 0.1) is 18.4 Å². The molecule has 0 aromatic heterocycles. The second kappa shape index (κ2) is 5.08. The van der Waals surface area contributed by atoms with E-state index in [2.05, 4.69) is 5.32 Å². The lowest BCUT2D eigenvalue weighted by Crippen LogP contribution is -2.28. The van der Waals surface area contributed by atoms with E-state index < -0.39 is 11.4 Å². The Morgan fingerprint density at radius 1 is 1.28 bits per heavy atom. The van der Waals surface area contributed by atoms with E-state index in [1.165, 1.54) is 13.2 Å². The van der Waals surface area contributed by atoms with Gasteiger partial charge in [0.2, 0.25) is 5.91 Å². The van der Waals surface area contributed by atoms with Crippen molar-refractivity contribution in [3.63, 3.8) is 0 Å². The molecule has 0 heterocycles. The number of rotatable bonds is 3. The second-order valence-electron chi connectivity index (χ2n) is 4.89. The molecule has 5 heteroatoms. The molecule has 1 aromatic carbocycles. The van der Waals surface area contributed by atoms with Crippen LogP contribution in [-0.4, -0.2) is 24.1 Å². The molecule has 1 aromatic rings. The molecule has 0 aliphatic heterocycles. The molecule has 0 saturated carbocycles. The fourth-order valence-electron chi connectivity index (χ4n) is 1.31. The number of hydrogen-bond donors (Lipinski definition) is 2. The minimum absolute atomic E-state index is 0.00644. The van der Waals surface area contributed by atoms with Crippen molar-refractivity contribution in [1.82, 2.24) is 0 Å². The molecule has 0 bridgehead atoms. The zero-order valence-electron chi connectivity index (χ0n) is 10.9. The molecule has 1 amide bonds. The number of amides is 1. The molecule has 0 aliphatic carbocycles. The predicted octanol–water partition coefficient (Wildman–Crippen LogP) is 2.38. The van der Waals surface area contributed by atoms with E-state index in [-0.39, 0.29) is 17.2 Å². The lowest BCUT2D eigenvalue weighted by atomic mass is 9.95. The number of carboxylic acids is 1. The number of carbonyl (C=O) groups excluding carboxylic acids is 1. The summed E-state index contributed by atoms with van der Waals surface area (Å²) in [7, 11) is 1.42. The first-order valence-electron chi connectivity index (χ1n) is 5.49. The average Bonchev–Trinajstić information content (AvgIpc) is 2.27. The number of carboxylic acid groups (broad SMARTS) is 1. The third-order valence-electron chi connectivity index (χ3n) is 2.40. The SMILES string of the molecule is COc1cccc(C(=O)O)c1NC(=O)C(C)(C)C. The zero-order valence-corrected chi connectivity index (χ0v) is 10.9. The van der Waals surface area contributed by atoms with Gasteiger partial charge in [-0.15, -0.1) is 0 Å². The fourth-order valence-corrected chi connectivity index (χ4v) is 1.31. The van der Waals surface area contributed by atoms with Crippen molar-refractivity contribution in [2.24, 2.45) is 5.41 Å². The van der Waals surface area contributed by atoms with E-state index in [4.69, 9.17) is 9.84 Å². The van der Waals surface area contributed by atoms with Crippen LogP contribution in [0.2, 0.25) is 0 Å². The molecule has 0 spiro atoms. The van der Waals surface area contributed by atoms with Crippen LogP contribution in [0.4, 0.5) is 5.69 Å². The first-order chi connectivity index (χ1) is 8.27. The standard InChI is InChI=1S/C13H17NO4/c1-13(2,3)12(17)14-10-8(11(15)16)6-5-7-9(10)18-4/h5-7H,1-4H3,(H,14,17)(H,15,16). The highest BCUT2D eigenvalue weighted by Gasteiger charge is 2.24. The van der Waals surface area contributed by atoms with Crippen LogP contribution in [0.25, 0.3) is 0 Å². The molecule has 1 rings (SSSR count). The van der Waals surface area contributed by atoms with E-state index in [0.717, 1.165) is 0 Å². The summed E-state index contributed by atoms with van der Waals surface area (Å²) >= 11 is 0. The van der Waals surface area contributed by atoms with Crippen molar-refractivity contribution in [1.29, 1.82) is 0 Å². The smallest absolute Gasteiger partial charge is 0.337 e. The lowest BCUT2D eigenvalue weighted by molar-refractivity contribution is -0.123. The third kappa shape index (κ3) is 3.00. The van der Waals surface area contributed by atoms with E-state index in [9.17, 15) is 9.59 Å². The molecule has 2 N–H and O–H groups in total. The molecule has 0 aliphatic rings. The molecule has 0 atom stereocenters. The van der Waals surface area contributed by atoms with Gasteiger partial charge in [0.15, 0.2) is 0 Å². The first-order valence-corrected chi connectivity index (χ1v) is 5.49. The number of benzene rings is 1. The van der Waals surface area contributed by atoms with Crippen LogP contribution in [0.3, 0.4) is 0 Å². The van der Waals surface area contributed by atoms with Crippen molar-refractivity contribution >= 4 is 17.6 Å². The Morgan fingerprint density at radius 2 is 1.89 bits per heavy atom. The van der Waals surface area contributed by atoms with Gasteiger partial charge in [0, 0.05) is 5.41 Å². The predicted molar refractivity (Wildman–Crippen MR) is 68.0 cm³/mol. The van der Waals surface area contributed by atoms with Gasteiger partial charge in [-0.3, -0.25) is 4.79 Å². The fraction of sp³-hybridized carbons (Fsp3) is 0.385. The van der Waals surface area contributed by atoms with Crippen LogP contribution < -0.4 is 10.1 Å². The van der Waals surface area contributed by atoms with Crippen molar-refractivity contribution < 1.29 is 19.4 Å². The largest absolute Gasteiger partial charge is 0.495 e. The Balaban J connectivity index is 3.21. The first kappa shape index (κ1) is 14.0. The van der Waals surface area contributed by atoms with Crippen molar-refractivity contribution in [2.45, 2.75) is 20.8 Å². The van der Waals surface area contributed by atoms with Crippen LogP contribution in [0.15, 0.2) is 18.2 Å². The summed E-state index contributed by atoms with van der Waals surface area (Å²) in [5, 5.41) is 11.7. The number of nitrogens with one attached hydrogen (secondary N) is 1. The zero-order chi connectivity index (χ0) is 13.9. The highest BCUT2D eigenvalue weighted by atomic mass is 16.5. The summed E-state index contributed by atoms with van der Waals surface area (Å²) in [5.74, 6) is -1.06. The maximum atomic E-state index is 11.9. The van der Waals surface area contributed by atoms with Crippen LogP contribution >= 0.6 is 0 Å². The van der Waals surface area contributed by atoms with E-state index in [1.54, 1.807) is 32.9 Å². The van der Waals surface area contributed by atoms with Gasteiger partial charge in [-0.1, -0.05) is 26.8 Å². The summed E-state index contributed by atoms with van der Waals surface area (Å²) in [4.78, 5) is 23.0. The van der Waals surface area contributed by atoms with E-state index in [1.807, 2.05) is 0 Å². The van der Waals surface area contributed by atoms with Gasteiger partial charge in [-0.05, 0) is 12.1 Å². The van der Waals surface area contributed by atoms with Crippen LogP contribution in [0.5, 0.6) is 5.75 Å². The summed E-state index contributed by atoms with van der Waals surface area (Å²) in [6.45, 7) is 5.24. The second-order valence-corrected chi connectivity index (χ2v) is 4.89. The number of ether oxygens (including phenoxy) is 1. The van der Waals surface area contributed by atoms with Crippen LogP contribution in [-0.2, 0) is 4.79 Å². The van der Waals surface area contributed by atoms with Crippen molar-refractivity contribution in [3.8, 4) is 5.75 Å². The van der Waals surface area contributed by atoms with Crippen molar-refractivity contribution in [2.75, 3.05) is 12.4 Å². The maximum Gasteiger partial charge on any atom is 0.337 e. The number of methoxy groups -OCH3 is 1. The highest BCUT2D eigenvalue weighted by molar-refractivity contribution is 6.03. The highest BCUT2D eigenvalue weighted by Crippen LogP contribution is 2.30. The summed E-state index contributed by atoms with van der Waals surface area (Å²) in [6.07, 6.45) is 0. The number of aromatic carboxylic acids is 1. The Kier molecular flexibility index (Phi) is 3.96. The molecule has 0 unspecified atom stereocenters. The van der Waals surface area contributed by atoms with Gasteiger partial charge in [0.1, 0.15) is 5.75 Å². The van der Waals surface area contributed by atoms with Gasteiger partial charge in [0.25, 0.3) is 0 Å². The summed E-state index contributed by atoms with van der Waals surface area (Å²) in [6, 6.07) is 4.59. The Bertz CT molecular complexity index is 474. The number of hydrogen-bond acceptors (Lipinski definition) is 3. The minimum atomic E-state index is -1.11. The third-order valence-corrected chi connectivity index (χ3v) is 2.40. The molecular weight excluding hydrogens is 234 g/mol. The van der Waals surface area contributed by atoms with Gasteiger partial charge in [-0.25, -0.2) is 4.79 Å². The molecule has 0 radical (unpaired) electrons. The summed E-state index contributed by atoms with van der Waals surface area (Å²) in [5.41, 5.74) is -0.421. The van der Waals surface area contributed by atoms with E-state index in [0.29, 0.717) is 5.75 Å². The van der Waals surface area contributed by atoms with Crippen molar-refractivity contribution in [3.05, 3.63) is 23.8 Å². The molecule has 5 nitrogen and oxygen atoms in total. The maximum absolute atomic E-state index is 11.9. The molecule has 0 saturated heterocycles. The summed E-state index contributed by atoms with van der Waals surface area (Å²) < 4.78 is 5.07. The average molecular weight is 251 g/mol. The number of para-hydroxylation sites is 1. The van der Waals surface area contributed by atoms with E-state index >= 15 is 0 Å². The minimum Gasteiger partial charge on any atom is -0.495 e.